The number of pyridine rings is 1. The average molecular weight is 342 g/mol. The second kappa shape index (κ2) is 6.80. The van der Waals surface area contributed by atoms with Crippen molar-refractivity contribution in [3.05, 3.63) is 78.5 Å². The predicted octanol–water partition coefficient (Wildman–Crippen LogP) is 5.73. The van der Waals surface area contributed by atoms with Crippen molar-refractivity contribution in [2.24, 2.45) is 10.2 Å². The van der Waals surface area contributed by atoms with Crippen LogP contribution in [0.5, 0.6) is 5.75 Å². The molecule has 0 aliphatic heterocycles. The summed E-state index contributed by atoms with van der Waals surface area (Å²) in [6, 6.07) is 21.6. The third kappa shape index (κ3) is 2.95. The van der Waals surface area contributed by atoms with E-state index in [2.05, 4.69) is 10.2 Å². The van der Waals surface area contributed by atoms with Crippen LogP contribution in [0.1, 0.15) is 5.56 Å². The minimum absolute atomic E-state index is 0.677. The lowest BCUT2D eigenvalue weighted by Gasteiger charge is -2.03. The smallest absolute Gasteiger partial charge is 0.187 e. The number of imidazole rings is 1. The number of aromatic nitrogens is 2. The Bertz CT molecular complexity index is 1080. The summed E-state index contributed by atoms with van der Waals surface area (Å²) in [5.74, 6) is 1.37. The van der Waals surface area contributed by atoms with Gasteiger partial charge in [-0.25, -0.2) is 4.98 Å². The molecule has 128 valence electrons. The standard InChI is InChI=1S/C21H18N4O/c1-15-12-13-25-19(14-15)22-20(16-8-4-3-5-9-16)21(25)24-23-17-10-6-7-11-18(17)26-2/h3-14H,1-2H3. The van der Waals surface area contributed by atoms with Crippen LogP contribution >= 0.6 is 0 Å². The van der Waals surface area contributed by atoms with Crippen LogP contribution in [0.15, 0.2) is 83.2 Å². The molecule has 2 heterocycles. The number of hydrogen-bond donors (Lipinski definition) is 0. The molecule has 26 heavy (non-hydrogen) atoms. The van der Waals surface area contributed by atoms with Gasteiger partial charge in [0, 0.05) is 11.8 Å². The van der Waals surface area contributed by atoms with Crippen molar-refractivity contribution in [3.63, 3.8) is 0 Å². The van der Waals surface area contributed by atoms with Gasteiger partial charge in [0.1, 0.15) is 22.8 Å². The molecule has 0 N–H and O–H groups in total. The molecule has 0 bridgehead atoms. The van der Waals surface area contributed by atoms with Gasteiger partial charge in [0.25, 0.3) is 0 Å². The molecule has 0 saturated heterocycles. The summed E-state index contributed by atoms with van der Waals surface area (Å²) in [4.78, 5) is 4.78. The topological polar surface area (TPSA) is 51.2 Å². The number of benzene rings is 2. The molecule has 0 atom stereocenters. The molecule has 2 aromatic carbocycles. The van der Waals surface area contributed by atoms with E-state index in [4.69, 9.17) is 9.72 Å². The Hall–Kier alpha value is -3.47. The van der Waals surface area contributed by atoms with Gasteiger partial charge in [0.2, 0.25) is 0 Å². The molecule has 5 nitrogen and oxygen atoms in total. The predicted molar refractivity (Wildman–Crippen MR) is 103 cm³/mol. The first-order valence-electron chi connectivity index (χ1n) is 8.35. The molecule has 0 saturated carbocycles. The summed E-state index contributed by atoms with van der Waals surface area (Å²) < 4.78 is 7.31. The van der Waals surface area contributed by atoms with Crippen LogP contribution in [0, 0.1) is 6.92 Å². The molecule has 0 radical (unpaired) electrons. The van der Waals surface area contributed by atoms with Gasteiger partial charge in [-0.15, -0.1) is 10.2 Å². The van der Waals surface area contributed by atoms with Crippen molar-refractivity contribution in [2.45, 2.75) is 6.92 Å². The van der Waals surface area contributed by atoms with Crippen LogP contribution in [0.3, 0.4) is 0 Å². The number of azo groups is 1. The summed E-state index contributed by atoms with van der Waals surface area (Å²) in [6.45, 7) is 2.05. The fourth-order valence-electron chi connectivity index (χ4n) is 2.83. The summed E-state index contributed by atoms with van der Waals surface area (Å²) in [5, 5.41) is 8.94. The number of ether oxygens (including phenoxy) is 1. The highest BCUT2D eigenvalue weighted by atomic mass is 16.5. The Morgan fingerprint density at radius 2 is 1.69 bits per heavy atom. The molecule has 0 spiro atoms. The van der Waals surface area contributed by atoms with Crippen molar-refractivity contribution >= 4 is 17.2 Å². The molecular weight excluding hydrogens is 324 g/mol. The number of nitrogens with zero attached hydrogens (tertiary/aromatic N) is 4. The average Bonchev–Trinajstić information content (AvgIpc) is 3.04. The minimum atomic E-state index is 0.677. The van der Waals surface area contributed by atoms with E-state index in [0.29, 0.717) is 17.3 Å². The van der Waals surface area contributed by atoms with E-state index < -0.39 is 0 Å². The lowest BCUT2D eigenvalue weighted by atomic mass is 10.1. The van der Waals surface area contributed by atoms with E-state index in [0.717, 1.165) is 22.5 Å². The lowest BCUT2D eigenvalue weighted by molar-refractivity contribution is 0.416. The minimum Gasteiger partial charge on any atom is -0.494 e. The van der Waals surface area contributed by atoms with E-state index in [1.807, 2.05) is 84.3 Å². The first-order valence-corrected chi connectivity index (χ1v) is 8.35. The number of hydrogen-bond acceptors (Lipinski definition) is 4. The maximum absolute atomic E-state index is 5.36. The molecule has 5 heteroatoms. The SMILES string of the molecule is COc1ccccc1N=Nc1c(-c2ccccc2)nc2cc(C)ccn12. The van der Waals surface area contributed by atoms with Crippen molar-refractivity contribution in [1.29, 1.82) is 0 Å². The number of aryl methyl sites for hydroxylation is 1. The molecule has 2 aromatic heterocycles. The van der Waals surface area contributed by atoms with Crippen molar-refractivity contribution < 1.29 is 4.74 Å². The first-order chi connectivity index (χ1) is 12.8. The first kappa shape index (κ1) is 16.0. The maximum atomic E-state index is 5.36. The van der Waals surface area contributed by atoms with E-state index in [1.165, 1.54) is 0 Å². The molecule has 0 amide bonds. The zero-order valence-electron chi connectivity index (χ0n) is 14.6. The molecule has 4 aromatic rings. The zero-order valence-corrected chi connectivity index (χ0v) is 14.6. The highest BCUT2D eigenvalue weighted by Crippen LogP contribution is 2.34. The molecule has 0 aliphatic carbocycles. The van der Waals surface area contributed by atoms with Gasteiger partial charge in [-0.3, -0.25) is 4.40 Å². The number of rotatable bonds is 4. The van der Waals surface area contributed by atoms with Crippen LogP contribution in [-0.2, 0) is 0 Å². The van der Waals surface area contributed by atoms with Crippen LogP contribution < -0.4 is 4.74 Å². The van der Waals surface area contributed by atoms with Crippen molar-refractivity contribution in [3.8, 4) is 17.0 Å². The van der Waals surface area contributed by atoms with Gasteiger partial charge < -0.3 is 4.74 Å². The molecule has 0 aliphatic rings. The Morgan fingerprint density at radius 3 is 2.50 bits per heavy atom. The second-order valence-corrected chi connectivity index (χ2v) is 5.95. The van der Waals surface area contributed by atoms with Crippen LogP contribution in [-0.4, -0.2) is 16.5 Å². The monoisotopic (exact) mass is 342 g/mol. The Balaban J connectivity index is 1.89. The van der Waals surface area contributed by atoms with Gasteiger partial charge in [-0.2, -0.15) is 0 Å². The Labute approximate surface area is 151 Å². The van der Waals surface area contributed by atoms with Crippen LogP contribution in [0.2, 0.25) is 0 Å². The molecule has 0 unspecified atom stereocenters. The summed E-state index contributed by atoms with van der Waals surface area (Å²) >= 11 is 0. The molecule has 4 rings (SSSR count). The fraction of sp³-hybridized carbons (Fsp3) is 0.0952. The number of para-hydroxylation sites is 1. The quantitative estimate of drug-likeness (QED) is 0.444. The van der Waals surface area contributed by atoms with E-state index in [9.17, 15) is 0 Å². The second-order valence-electron chi connectivity index (χ2n) is 5.95. The van der Waals surface area contributed by atoms with Gasteiger partial charge in [0.05, 0.1) is 7.11 Å². The fourth-order valence-corrected chi connectivity index (χ4v) is 2.83. The maximum Gasteiger partial charge on any atom is 0.187 e. The Kier molecular flexibility index (Phi) is 4.19. The number of fused-ring (bicyclic) bond motifs is 1. The van der Waals surface area contributed by atoms with Gasteiger partial charge in [-0.1, -0.05) is 42.5 Å². The third-order valence-corrected chi connectivity index (χ3v) is 4.14. The highest BCUT2D eigenvalue weighted by Gasteiger charge is 2.14. The van der Waals surface area contributed by atoms with E-state index in [1.54, 1.807) is 7.11 Å². The normalized spacial score (nSPS) is 11.3. The molecule has 0 fully saturated rings. The summed E-state index contributed by atoms with van der Waals surface area (Å²) in [5.41, 5.74) is 4.47. The van der Waals surface area contributed by atoms with Crippen LogP contribution in [0.4, 0.5) is 11.5 Å². The Morgan fingerprint density at radius 1 is 0.923 bits per heavy atom. The lowest BCUT2D eigenvalue weighted by Crippen LogP contribution is -1.84. The van der Waals surface area contributed by atoms with E-state index >= 15 is 0 Å². The van der Waals surface area contributed by atoms with Crippen LogP contribution in [0.25, 0.3) is 16.9 Å². The highest BCUT2D eigenvalue weighted by molar-refractivity contribution is 5.74. The van der Waals surface area contributed by atoms with Gasteiger partial charge >= 0.3 is 0 Å². The summed E-state index contributed by atoms with van der Waals surface area (Å²) in [7, 11) is 1.63. The summed E-state index contributed by atoms with van der Waals surface area (Å²) in [6.07, 6.45) is 1.97. The third-order valence-electron chi connectivity index (χ3n) is 4.14. The van der Waals surface area contributed by atoms with Gasteiger partial charge in [-0.05, 0) is 36.8 Å². The largest absolute Gasteiger partial charge is 0.494 e. The zero-order chi connectivity index (χ0) is 17.9. The van der Waals surface area contributed by atoms with E-state index in [-0.39, 0.29) is 0 Å². The van der Waals surface area contributed by atoms with Crippen molar-refractivity contribution in [1.82, 2.24) is 9.38 Å². The van der Waals surface area contributed by atoms with Crippen molar-refractivity contribution in [2.75, 3.05) is 7.11 Å². The van der Waals surface area contributed by atoms with Gasteiger partial charge in [0.15, 0.2) is 5.82 Å². The molecular formula is C21H18N4O. The number of methoxy groups -OCH3 is 1.